The maximum atomic E-state index is 9.08. The topological polar surface area (TPSA) is 45.1 Å². The van der Waals surface area contributed by atoms with Crippen molar-refractivity contribution in [1.29, 1.82) is 0 Å². The molecule has 2 unspecified atom stereocenters. The Bertz CT molecular complexity index is 287. The number of pyridine rings is 1. The first-order chi connectivity index (χ1) is 7.63. The zero-order chi connectivity index (χ0) is 12.0. The Labute approximate surface area is 97.9 Å². The van der Waals surface area contributed by atoms with E-state index in [0.717, 1.165) is 12.1 Å². The lowest BCUT2D eigenvalue weighted by molar-refractivity contribution is 0.233. The van der Waals surface area contributed by atoms with Crippen LogP contribution in [0.5, 0.6) is 0 Å². The van der Waals surface area contributed by atoms with Gasteiger partial charge in [0.15, 0.2) is 0 Å². The molecule has 0 amide bonds. The van der Waals surface area contributed by atoms with Gasteiger partial charge in [0.1, 0.15) is 0 Å². The van der Waals surface area contributed by atoms with Gasteiger partial charge in [-0.15, -0.1) is 0 Å². The highest BCUT2D eigenvalue weighted by atomic mass is 16.3. The fourth-order valence-corrected chi connectivity index (χ4v) is 1.72. The lowest BCUT2D eigenvalue weighted by atomic mass is 10.00. The molecule has 1 heterocycles. The van der Waals surface area contributed by atoms with E-state index in [-0.39, 0.29) is 18.7 Å². The summed E-state index contributed by atoms with van der Waals surface area (Å²) in [6.07, 6.45) is 2.84. The number of rotatable bonds is 6. The van der Waals surface area contributed by atoms with Gasteiger partial charge in [0.25, 0.3) is 0 Å². The third-order valence-corrected chi connectivity index (χ3v) is 2.51. The molecule has 16 heavy (non-hydrogen) atoms. The molecule has 0 saturated heterocycles. The summed E-state index contributed by atoms with van der Waals surface area (Å²) in [4.78, 5) is 4.38. The molecule has 0 spiro atoms. The molecule has 0 radical (unpaired) electrons. The SMILES string of the molecule is CC(C)CC(NC(C)CO)c1ccccn1. The highest BCUT2D eigenvalue weighted by molar-refractivity contribution is 5.09. The summed E-state index contributed by atoms with van der Waals surface area (Å²) < 4.78 is 0. The zero-order valence-electron chi connectivity index (χ0n) is 10.4. The van der Waals surface area contributed by atoms with E-state index in [9.17, 15) is 0 Å². The van der Waals surface area contributed by atoms with Crippen LogP contribution in [0.15, 0.2) is 24.4 Å². The van der Waals surface area contributed by atoms with Gasteiger partial charge in [-0.3, -0.25) is 4.98 Å². The second-order valence-corrected chi connectivity index (χ2v) is 4.69. The van der Waals surface area contributed by atoms with E-state index in [1.165, 1.54) is 0 Å². The van der Waals surface area contributed by atoms with Crippen molar-refractivity contribution >= 4 is 0 Å². The highest BCUT2D eigenvalue weighted by Gasteiger charge is 2.16. The number of aromatic nitrogens is 1. The van der Waals surface area contributed by atoms with Crippen LogP contribution in [0.2, 0.25) is 0 Å². The summed E-state index contributed by atoms with van der Waals surface area (Å²) in [5.41, 5.74) is 1.05. The van der Waals surface area contributed by atoms with Gasteiger partial charge in [0.05, 0.1) is 12.3 Å². The zero-order valence-corrected chi connectivity index (χ0v) is 10.4. The van der Waals surface area contributed by atoms with Crippen molar-refractivity contribution in [1.82, 2.24) is 10.3 Å². The number of nitrogens with zero attached hydrogens (tertiary/aromatic N) is 1. The summed E-state index contributed by atoms with van der Waals surface area (Å²) in [5.74, 6) is 0.602. The predicted octanol–water partition coefficient (Wildman–Crippen LogP) is 2.14. The molecule has 1 aromatic heterocycles. The van der Waals surface area contributed by atoms with Crippen LogP contribution >= 0.6 is 0 Å². The van der Waals surface area contributed by atoms with Gasteiger partial charge in [-0.2, -0.15) is 0 Å². The molecule has 0 aliphatic rings. The van der Waals surface area contributed by atoms with Crippen LogP contribution in [0.1, 0.15) is 38.9 Å². The van der Waals surface area contributed by atoms with E-state index >= 15 is 0 Å². The maximum absolute atomic E-state index is 9.08. The lowest BCUT2D eigenvalue weighted by Crippen LogP contribution is -2.34. The quantitative estimate of drug-likeness (QED) is 0.775. The molecule has 1 rings (SSSR count). The summed E-state index contributed by atoms with van der Waals surface area (Å²) in [6, 6.07) is 6.28. The average Bonchev–Trinajstić information content (AvgIpc) is 2.28. The van der Waals surface area contributed by atoms with Crippen LogP contribution in [0.3, 0.4) is 0 Å². The van der Waals surface area contributed by atoms with Crippen molar-refractivity contribution in [3.05, 3.63) is 30.1 Å². The summed E-state index contributed by atoms with van der Waals surface area (Å²) >= 11 is 0. The van der Waals surface area contributed by atoms with Crippen LogP contribution in [-0.4, -0.2) is 22.7 Å². The number of hydrogen-bond donors (Lipinski definition) is 2. The molecule has 90 valence electrons. The van der Waals surface area contributed by atoms with Crippen LogP contribution in [0.4, 0.5) is 0 Å². The molecule has 1 aromatic rings. The Morgan fingerprint density at radius 1 is 1.31 bits per heavy atom. The molecular formula is C13H22N2O. The van der Waals surface area contributed by atoms with Crippen molar-refractivity contribution in [2.45, 2.75) is 39.3 Å². The monoisotopic (exact) mass is 222 g/mol. The van der Waals surface area contributed by atoms with Gasteiger partial charge in [0.2, 0.25) is 0 Å². The van der Waals surface area contributed by atoms with Crippen LogP contribution in [0.25, 0.3) is 0 Å². The lowest BCUT2D eigenvalue weighted by Gasteiger charge is -2.23. The predicted molar refractivity (Wildman–Crippen MR) is 66.1 cm³/mol. The van der Waals surface area contributed by atoms with Crippen molar-refractivity contribution in [3.8, 4) is 0 Å². The van der Waals surface area contributed by atoms with Crippen molar-refractivity contribution < 1.29 is 5.11 Å². The van der Waals surface area contributed by atoms with E-state index < -0.39 is 0 Å². The number of hydrogen-bond acceptors (Lipinski definition) is 3. The first kappa shape index (κ1) is 13.1. The molecule has 0 aliphatic carbocycles. The van der Waals surface area contributed by atoms with E-state index in [1.807, 2.05) is 31.3 Å². The Hall–Kier alpha value is -0.930. The molecule has 2 atom stereocenters. The highest BCUT2D eigenvalue weighted by Crippen LogP contribution is 2.19. The molecular weight excluding hydrogens is 200 g/mol. The first-order valence-electron chi connectivity index (χ1n) is 5.91. The van der Waals surface area contributed by atoms with Crippen LogP contribution in [0, 0.1) is 5.92 Å². The van der Waals surface area contributed by atoms with Gasteiger partial charge in [0, 0.05) is 18.3 Å². The minimum Gasteiger partial charge on any atom is -0.395 e. The van der Waals surface area contributed by atoms with Crippen molar-refractivity contribution in [2.75, 3.05) is 6.61 Å². The van der Waals surface area contributed by atoms with E-state index in [1.54, 1.807) is 0 Å². The van der Waals surface area contributed by atoms with E-state index in [0.29, 0.717) is 5.92 Å². The Balaban J connectivity index is 2.71. The Morgan fingerprint density at radius 2 is 2.06 bits per heavy atom. The summed E-state index contributed by atoms with van der Waals surface area (Å²) in [6.45, 7) is 6.53. The molecule has 0 bridgehead atoms. The third kappa shape index (κ3) is 4.29. The molecule has 0 aliphatic heterocycles. The second kappa shape index (κ2) is 6.61. The van der Waals surface area contributed by atoms with Gasteiger partial charge in [-0.05, 0) is 31.4 Å². The first-order valence-corrected chi connectivity index (χ1v) is 5.91. The molecule has 0 aromatic carbocycles. The minimum atomic E-state index is 0.103. The fourth-order valence-electron chi connectivity index (χ4n) is 1.72. The van der Waals surface area contributed by atoms with Crippen molar-refractivity contribution in [3.63, 3.8) is 0 Å². The Kier molecular flexibility index (Phi) is 5.43. The normalized spacial score (nSPS) is 15.1. The van der Waals surface area contributed by atoms with Crippen molar-refractivity contribution in [2.24, 2.45) is 5.92 Å². The summed E-state index contributed by atoms with van der Waals surface area (Å²) in [7, 11) is 0. The second-order valence-electron chi connectivity index (χ2n) is 4.69. The molecule has 2 N–H and O–H groups in total. The maximum Gasteiger partial charge on any atom is 0.0582 e. The standard InChI is InChI=1S/C13H22N2O/c1-10(2)8-13(15-11(3)9-16)12-6-4-5-7-14-12/h4-7,10-11,13,15-16H,8-9H2,1-3H3. The van der Waals surface area contributed by atoms with Crippen LogP contribution < -0.4 is 5.32 Å². The number of aliphatic hydroxyl groups excluding tert-OH is 1. The fraction of sp³-hybridized carbons (Fsp3) is 0.615. The Morgan fingerprint density at radius 3 is 2.56 bits per heavy atom. The molecule has 0 fully saturated rings. The molecule has 3 nitrogen and oxygen atoms in total. The largest absolute Gasteiger partial charge is 0.395 e. The average molecular weight is 222 g/mol. The number of nitrogens with one attached hydrogen (secondary N) is 1. The molecule has 3 heteroatoms. The third-order valence-electron chi connectivity index (χ3n) is 2.51. The smallest absolute Gasteiger partial charge is 0.0582 e. The van der Waals surface area contributed by atoms with Gasteiger partial charge < -0.3 is 10.4 Å². The number of aliphatic hydroxyl groups is 1. The molecule has 0 saturated carbocycles. The van der Waals surface area contributed by atoms with Gasteiger partial charge in [-0.25, -0.2) is 0 Å². The van der Waals surface area contributed by atoms with Gasteiger partial charge in [-0.1, -0.05) is 19.9 Å². The van der Waals surface area contributed by atoms with E-state index in [2.05, 4.69) is 24.1 Å². The van der Waals surface area contributed by atoms with E-state index in [4.69, 9.17) is 5.11 Å². The summed E-state index contributed by atoms with van der Waals surface area (Å²) in [5, 5.41) is 12.5. The van der Waals surface area contributed by atoms with Gasteiger partial charge >= 0.3 is 0 Å². The van der Waals surface area contributed by atoms with Crippen LogP contribution in [-0.2, 0) is 0 Å². The minimum absolute atomic E-state index is 0.103.